The fraction of sp³-hybridized carbons (Fsp3) is 0. The zero-order valence-corrected chi connectivity index (χ0v) is 47.2. The molecule has 0 aliphatic carbocycles. The molecule has 4 aliphatic heterocycles. The Kier molecular flexibility index (Phi) is 8.49. The van der Waals surface area contributed by atoms with Crippen molar-refractivity contribution >= 4 is 178 Å². The van der Waals surface area contributed by atoms with Crippen molar-refractivity contribution in [2.75, 3.05) is 9.80 Å². The van der Waals surface area contributed by atoms with E-state index >= 15 is 0 Å². The highest BCUT2D eigenvalue weighted by molar-refractivity contribution is 6.92. The molecule has 0 amide bonds. The Morgan fingerprint density at radius 1 is 0.295 bits per heavy atom. The summed E-state index contributed by atoms with van der Waals surface area (Å²) in [5.74, 6) is 0. The molecule has 402 valence electrons. The maximum Gasteiger partial charge on any atom is 0.333 e. The van der Waals surface area contributed by atoms with Crippen molar-refractivity contribution in [3.63, 3.8) is 0 Å². The summed E-state index contributed by atoms with van der Waals surface area (Å²) < 4.78 is 18.6. The number of benzene rings is 14. The Morgan fingerprint density at radius 3 is 1.81 bits per heavy atom. The van der Waals surface area contributed by atoms with Gasteiger partial charge in [-0.15, -0.1) is 0 Å². The van der Waals surface area contributed by atoms with Crippen molar-refractivity contribution in [3.8, 4) is 33.4 Å². The van der Waals surface area contributed by atoms with Gasteiger partial charge in [-0.3, -0.25) is 0 Å². The maximum atomic E-state index is 6.72. The van der Waals surface area contributed by atoms with Crippen LogP contribution in [0.4, 0.5) is 34.1 Å². The van der Waals surface area contributed by atoms with E-state index in [2.05, 4.69) is 274 Å². The zero-order valence-electron chi connectivity index (χ0n) is 47.2. The summed E-state index contributed by atoms with van der Waals surface area (Å²) >= 11 is 0. The van der Waals surface area contributed by atoms with E-state index in [1.165, 1.54) is 131 Å². The minimum Gasteiger partial charge on any atom is -0.464 e. The van der Waals surface area contributed by atoms with Gasteiger partial charge in [0.25, 0.3) is 0 Å². The van der Waals surface area contributed by atoms with E-state index in [1.807, 2.05) is 12.5 Å². The van der Waals surface area contributed by atoms with Crippen LogP contribution in [0.25, 0.3) is 142 Å². The molecule has 14 aromatic carbocycles. The first kappa shape index (κ1) is 45.9. The van der Waals surface area contributed by atoms with E-state index < -0.39 is 0 Å². The summed E-state index contributed by atoms with van der Waals surface area (Å²) in [6.07, 6.45) is 3.74. The van der Waals surface area contributed by atoms with Crippen LogP contribution < -0.4 is 31.7 Å². The van der Waals surface area contributed by atoms with Crippen molar-refractivity contribution in [1.82, 2.24) is 8.96 Å². The van der Waals surface area contributed by atoms with Crippen LogP contribution in [0.3, 0.4) is 0 Å². The fourth-order valence-electron chi connectivity index (χ4n) is 17.0. The zero-order chi connectivity index (χ0) is 56.8. The van der Waals surface area contributed by atoms with Gasteiger partial charge < -0.3 is 27.6 Å². The third-order valence-electron chi connectivity index (χ3n) is 20.5. The molecule has 0 saturated heterocycles. The van der Waals surface area contributed by atoms with Crippen LogP contribution in [-0.2, 0) is 0 Å². The largest absolute Gasteiger partial charge is 0.464 e. The van der Waals surface area contributed by atoms with Gasteiger partial charge in [-0.25, -0.2) is 0 Å². The Bertz CT molecular complexity index is 6260. The topological polar surface area (TPSA) is 42.6 Å². The van der Waals surface area contributed by atoms with E-state index in [1.54, 1.807) is 0 Å². The fourth-order valence-corrected chi connectivity index (χ4v) is 17.0. The lowest BCUT2D eigenvalue weighted by Gasteiger charge is -2.41. The number of para-hydroxylation sites is 3. The van der Waals surface area contributed by atoms with Crippen LogP contribution in [0.15, 0.2) is 276 Å². The van der Waals surface area contributed by atoms with Gasteiger partial charge in [-0.1, -0.05) is 176 Å². The number of furan rings is 2. The summed E-state index contributed by atoms with van der Waals surface area (Å²) in [6, 6.07) is 95.7. The lowest BCUT2D eigenvalue weighted by molar-refractivity contribution is 0.616. The van der Waals surface area contributed by atoms with E-state index in [0.29, 0.717) is 0 Å². The van der Waals surface area contributed by atoms with Gasteiger partial charge in [-0.05, 0) is 155 Å². The first-order valence-corrected chi connectivity index (χ1v) is 30.5. The van der Waals surface area contributed by atoms with Crippen molar-refractivity contribution in [3.05, 3.63) is 267 Å². The Morgan fingerprint density at radius 2 is 0.943 bits per heavy atom. The normalized spacial score (nSPS) is 13.6. The molecule has 22 rings (SSSR count). The third kappa shape index (κ3) is 5.63. The van der Waals surface area contributed by atoms with E-state index in [9.17, 15) is 0 Å². The van der Waals surface area contributed by atoms with Crippen LogP contribution >= 0.6 is 0 Å². The number of hydrogen-bond acceptors (Lipinski definition) is 4. The highest BCUT2D eigenvalue weighted by atomic mass is 16.3. The van der Waals surface area contributed by atoms with Crippen LogP contribution in [-0.4, -0.2) is 22.7 Å². The molecule has 0 bridgehead atoms. The minimum absolute atomic E-state index is 0.117. The summed E-state index contributed by atoms with van der Waals surface area (Å²) in [5.41, 5.74) is 25.9. The lowest BCUT2D eigenvalue weighted by Crippen LogP contribution is -2.57. The summed E-state index contributed by atoms with van der Waals surface area (Å²) in [4.78, 5) is 5.10. The van der Waals surface area contributed by atoms with Gasteiger partial charge in [0, 0.05) is 87.7 Å². The first-order valence-electron chi connectivity index (χ1n) is 30.5. The second-order valence-corrected chi connectivity index (χ2v) is 24.6. The van der Waals surface area contributed by atoms with Crippen molar-refractivity contribution < 1.29 is 8.83 Å². The van der Waals surface area contributed by atoms with Crippen LogP contribution in [0, 0.1) is 0 Å². The second-order valence-electron chi connectivity index (χ2n) is 24.6. The number of aromatic nitrogens is 2. The summed E-state index contributed by atoms with van der Waals surface area (Å²) in [7, 11) is 0. The predicted molar refractivity (Wildman–Crippen MR) is 369 cm³/mol. The standard InChI is InChI=1S/C80H44B2N4O2/c1-4-17-54-46(13-1)16-11-26-67(54)84-77-56-19-6-3-15-48(56)30-33-66(77)81-73-63(44-71-61(78(73)84)36-38-87-71)65-43-52(42-64-58-21-8-10-25-69(58)85(81)76(64)65)49-28-27-45-29-32-53(40-51(45)39-49)83-70-34-31-47-14-2-5-18-55(47)72(70)82-74-62(41-50-35-37-88-80(50)79(74)83)60-23-12-22-59-57-20-7-9-24-68(57)86(82)75(59)60/h1-44H. The molecule has 0 spiro atoms. The third-order valence-corrected chi connectivity index (χ3v) is 20.5. The number of rotatable bonds is 3. The quantitative estimate of drug-likeness (QED) is 0.165. The predicted octanol–water partition coefficient (Wildman–Crippen LogP) is 18.5. The summed E-state index contributed by atoms with van der Waals surface area (Å²) in [5, 5.41) is 16.8. The minimum atomic E-state index is -0.126. The molecule has 0 atom stereocenters. The molecule has 8 heterocycles. The number of hydrogen-bond donors (Lipinski definition) is 0. The van der Waals surface area contributed by atoms with Crippen molar-refractivity contribution in [2.24, 2.45) is 0 Å². The molecule has 18 aromatic rings. The molecule has 0 radical (unpaired) electrons. The number of nitrogens with zero attached hydrogens (tertiary/aromatic N) is 4. The summed E-state index contributed by atoms with van der Waals surface area (Å²) in [6.45, 7) is -0.243. The van der Waals surface area contributed by atoms with Gasteiger partial charge >= 0.3 is 13.7 Å². The molecule has 0 unspecified atom stereocenters. The van der Waals surface area contributed by atoms with Gasteiger partial charge in [0.15, 0.2) is 5.58 Å². The average molecular weight is 1110 g/mol. The number of anilines is 6. The molecule has 6 nitrogen and oxygen atoms in total. The van der Waals surface area contributed by atoms with Crippen LogP contribution in [0.2, 0.25) is 0 Å². The van der Waals surface area contributed by atoms with Crippen molar-refractivity contribution in [2.45, 2.75) is 0 Å². The molecule has 8 heteroatoms. The van der Waals surface area contributed by atoms with Gasteiger partial charge in [0.1, 0.15) is 5.58 Å². The van der Waals surface area contributed by atoms with Gasteiger partial charge in [0.05, 0.1) is 35.3 Å². The molecular weight excluding hydrogens is 1070 g/mol. The molecule has 4 aliphatic rings. The highest BCUT2D eigenvalue weighted by Gasteiger charge is 2.47. The van der Waals surface area contributed by atoms with Gasteiger partial charge in [-0.2, -0.15) is 0 Å². The van der Waals surface area contributed by atoms with Gasteiger partial charge in [0.2, 0.25) is 0 Å². The Hall–Kier alpha value is -11.5. The Labute approximate surface area is 503 Å². The average Bonchev–Trinajstić information content (AvgIpc) is 1.47. The van der Waals surface area contributed by atoms with Crippen LogP contribution in [0.5, 0.6) is 0 Å². The second kappa shape index (κ2) is 16.3. The number of fused-ring (bicyclic) bond motifs is 24. The molecule has 88 heavy (non-hydrogen) atoms. The first-order chi connectivity index (χ1) is 43.7. The molecular formula is C80H44B2N4O2. The van der Waals surface area contributed by atoms with Crippen LogP contribution in [0.1, 0.15) is 0 Å². The molecule has 0 saturated carbocycles. The molecule has 4 aromatic heterocycles. The van der Waals surface area contributed by atoms with E-state index in [-0.39, 0.29) is 13.7 Å². The van der Waals surface area contributed by atoms with E-state index in [0.717, 1.165) is 66.9 Å². The maximum absolute atomic E-state index is 6.72. The SMILES string of the molecule is c1ccc2c(N3c4c(ccc5ccccc45)B4c5c(cc6occc6c53)-c3cc(-c5ccc6ccc(N7c8ccc9ccccc9c8B8c9c(cc%10ccoc%10c97)-c7cccc9c%10ccccc%10n8c79)cc6c5)cc5c6ccccc6n4c35)cccc2c1. The molecule has 0 fully saturated rings. The highest BCUT2D eigenvalue weighted by Crippen LogP contribution is 2.53. The lowest BCUT2D eigenvalue weighted by atomic mass is 9.44. The smallest absolute Gasteiger partial charge is 0.333 e. The van der Waals surface area contributed by atoms with Crippen molar-refractivity contribution in [1.29, 1.82) is 0 Å². The Balaban J connectivity index is 0.786. The van der Waals surface area contributed by atoms with E-state index in [4.69, 9.17) is 8.83 Å². The monoisotopic (exact) mass is 1110 g/mol. The molecule has 0 N–H and O–H groups in total.